The molecule has 248 valence electrons. The van der Waals surface area contributed by atoms with Crippen molar-refractivity contribution in [2.24, 2.45) is 29.1 Å². The Morgan fingerprint density at radius 3 is 0.732 bits per heavy atom. The second-order valence-corrected chi connectivity index (χ2v) is 14.9. The summed E-state index contributed by atoms with van der Waals surface area (Å²) in [5, 5.41) is 0. The third kappa shape index (κ3) is 33.6. The molecule has 1 rings (SSSR count). The fourth-order valence-corrected chi connectivity index (χ4v) is 5.58. The SMILES string of the molecule is CC(C)CC(CC(C)C)(CC(C)C)CC(C)C.CC(C)c1ccc(C(C)C)cc1.CCC.CCCC.CCCCC. The lowest BCUT2D eigenvalue weighted by atomic mass is 9.65. The van der Waals surface area contributed by atoms with Crippen LogP contribution in [0.4, 0.5) is 0 Å². The lowest BCUT2D eigenvalue weighted by molar-refractivity contribution is 0.111. The zero-order valence-electron chi connectivity index (χ0n) is 32.3. The minimum Gasteiger partial charge on any atom is -0.0656 e. The molecule has 0 radical (unpaired) electrons. The molecule has 0 saturated carbocycles. The molecule has 0 saturated heterocycles. The van der Waals surface area contributed by atoms with Gasteiger partial charge in [0.05, 0.1) is 0 Å². The molecule has 0 N–H and O–H groups in total. The van der Waals surface area contributed by atoms with Gasteiger partial charge in [0, 0.05) is 0 Å². The van der Waals surface area contributed by atoms with Crippen molar-refractivity contribution in [2.75, 3.05) is 0 Å². The van der Waals surface area contributed by atoms with E-state index in [1.54, 1.807) is 0 Å². The summed E-state index contributed by atoms with van der Waals surface area (Å²) in [5.74, 6) is 4.59. The van der Waals surface area contributed by atoms with Crippen molar-refractivity contribution < 1.29 is 0 Å². The highest BCUT2D eigenvalue weighted by Gasteiger charge is 2.33. The fraction of sp³-hybridized carbons (Fsp3) is 0.854. The normalized spacial score (nSPS) is 11.0. The highest BCUT2D eigenvalue weighted by Crippen LogP contribution is 2.44. The maximum absolute atomic E-state index is 2.38. The highest BCUT2D eigenvalue weighted by molar-refractivity contribution is 5.26. The average molecular weight is 577 g/mol. The van der Waals surface area contributed by atoms with Gasteiger partial charge in [-0.05, 0) is 77.7 Å². The lowest BCUT2D eigenvalue weighted by Gasteiger charge is -2.40. The molecule has 1 aromatic rings. The summed E-state index contributed by atoms with van der Waals surface area (Å²) in [6.45, 7) is 41.0. The fourth-order valence-electron chi connectivity index (χ4n) is 5.58. The van der Waals surface area contributed by atoms with Crippen molar-refractivity contribution in [3.8, 4) is 0 Å². The average Bonchev–Trinajstić information content (AvgIpc) is 2.84. The standard InChI is InChI=1S/C17H36.C12H18.C5H12.C4H10.C3H8/c1-13(2)9-17(10-14(3)4,11-15(5)6)12-16(7)8;1-9(2)11-5-7-12(8-6-11)10(3)4;1-3-5-4-2;1-3-4-2;1-3-2/h13-16H,9-12H2,1-8H3;5-10H,1-4H3;3-5H2,1-2H3;3-4H2,1-2H3;3H2,1-2H3. The summed E-state index contributed by atoms with van der Waals surface area (Å²) in [5.41, 5.74) is 3.45. The van der Waals surface area contributed by atoms with Crippen molar-refractivity contribution in [2.45, 2.75) is 201 Å². The number of benzene rings is 1. The van der Waals surface area contributed by atoms with E-state index >= 15 is 0 Å². The van der Waals surface area contributed by atoms with Gasteiger partial charge in [-0.3, -0.25) is 0 Å². The van der Waals surface area contributed by atoms with E-state index in [1.807, 2.05) is 0 Å². The lowest BCUT2D eigenvalue weighted by Crippen LogP contribution is -2.29. The van der Waals surface area contributed by atoms with Crippen molar-refractivity contribution >= 4 is 0 Å². The molecular formula is C41H84. The molecule has 0 heterocycles. The maximum atomic E-state index is 2.38. The minimum atomic E-state index is 0.588. The first-order valence-corrected chi connectivity index (χ1v) is 18.1. The Labute approximate surface area is 264 Å². The molecule has 1 aromatic carbocycles. The molecule has 0 amide bonds. The van der Waals surface area contributed by atoms with E-state index in [1.165, 1.54) is 75.3 Å². The predicted octanol–water partition coefficient (Wildman–Crippen LogP) is 15.5. The van der Waals surface area contributed by atoms with Crippen LogP contribution >= 0.6 is 0 Å². The Morgan fingerprint density at radius 1 is 0.415 bits per heavy atom. The number of hydrogen-bond acceptors (Lipinski definition) is 0. The molecule has 0 aliphatic rings. The molecule has 0 bridgehead atoms. The van der Waals surface area contributed by atoms with Crippen LogP contribution in [0.3, 0.4) is 0 Å². The molecule has 0 unspecified atom stereocenters. The third-order valence-corrected chi connectivity index (χ3v) is 6.84. The van der Waals surface area contributed by atoms with E-state index in [4.69, 9.17) is 0 Å². The first kappa shape index (κ1) is 47.2. The summed E-state index contributed by atoms with van der Waals surface area (Å²) in [7, 11) is 0. The van der Waals surface area contributed by atoms with E-state index in [9.17, 15) is 0 Å². The molecule has 0 spiro atoms. The minimum absolute atomic E-state index is 0.588. The van der Waals surface area contributed by atoms with Crippen LogP contribution in [-0.4, -0.2) is 0 Å². The highest BCUT2D eigenvalue weighted by atomic mass is 14.4. The maximum Gasteiger partial charge on any atom is -0.0219 e. The number of rotatable bonds is 13. The smallest absolute Gasteiger partial charge is 0.0219 e. The van der Waals surface area contributed by atoms with Gasteiger partial charge in [0.2, 0.25) is 0 Å². The van der Waals surface area contributed by atoms with Crippen molar-refractivity contribution in [3.05, 3.63) is 35.4 Å². The molecule has 0 fully saturated rings. The van der Waals surface area contributed by atoms with Crippen LogP contribution in [0.1, 0.15) is 212 Å². The van der Waals surface area contributed by atoms with Crippen LogP contribution in [0.5, 0.6) is 0 Å². The zero-order valence-corrected chi connectivity index (χ0v) is 32.3. The third-order valence-electron chi connectivity index (χ3n) is 6.84. The van der Waals surface area contributed by atoms with E-state index in [0.717, 1.165) is 23.7 Å². The predicted molar refractivity (Wildman–Crippen MR) is 197 cm³/mol. The topological polar surface area (TPSA) is 0 Å². The summed E-state index contributed by atoms with van der Waals surface area (Å²) in [6, 6.07) is 8.94. The van der Waals surface area contributed by atoms with Gasteiger partial charge >= 0.3 is 0 Å². The van der Waals surface area contributed by atoms with Gasteiger partial charge in [-0.15, -0.1) is 0 Å². The van der Waals surface area contributed by atoms with Gasteiger partial charge in [0.1, 0.15) is 0 Å². The molecule has 0 aliphatic heterocycles. The Balaban J connectivity index is -0.000000245. The quantitative estimate of drug-likeness (QED) is 0.219. The molecule has 0 aromatic heterocycles. The Kier molecular flexibility index (Phi) is 35.3. The van der Waals surface area contributed by atoms with Crippen LogP contribution < -0.4 is 0 Å². The van der Waals surface area contributed by atoms with Crippen molar-refractivity contribution in [1.82, 2.24) is 0 Å². The number of unbranched alkanes of at least 4 members (excludes halogenated alkanes) is 3. The molecule has 0 atom stereocenters. The number of hydrogen-bond donors (Lipinski definition) is 0. The zero-order chi connectivity index (χ0) is 33.0. The molecule has 0 nitrogen and oxygen atoms in total. The van der Waals surface area contributed by atoms with Gasteiger partial charge in [0.15, 0.2) is 0 Å². The first-order chi connectivity index (χ1) is 19.0. The summed E-state index contributed by atoms with van der Waals surface area (Å²) in [4.78, 5) is 0. The second kappa shape index (κ2) is 30.7. The van der Waals surface area contributed by atoms with Crippen LogP contribution in [0, 0.1) is 29.1 Å². The van der Waals surface area contributed by atoms with E-state index in [-0.39, 0.29) is 0 Å². The first-order valence-electron chi connectivity index (χ1n) is 18.1. The van der Waals surface area contributed by atoms with Gasteiger partial charge in [-0.2, -0.15) is 0 Å². The van der Waals surface area contributed by atoms with Gasteiger partial charge < -0.3 is 0 Å². The molecule has 41 heavy (non-hydrogen) atoms. The summed E-state index contributed by atoms with van der Waals surface area (Å²) < 4.78 is 0. The summed E-state index contributed by atoms with van der Waals surface area (Å²) >= 11 is 0. The Bertz CT molecular complexity index is 523. The van der Waals surface area contributed by atoms with Gasteiger partial charge in [0.25, 0.3) is 0 Å². The van der Waals surface area contributed by atoms with Crippen molar-refractivity contribution in [3.63, 3.8) is 0 Å². The van der Waals surface area contributed by atoms with Crippen LogP contribution in [-0.2, 0) is 0 Å². The van der Waals surface area contributed by atoms with Gasteiger partial charge in [-0.1, -0.05) is 187 Å². The van der Waals surface area contributed by atoms with Gasteiger partial charge in [-0.25, -0.2) is 0 Å². The largest absolute Gasteiger partial charge is 0.0656 e. The van der Waals surface area contributed by atoms with Crippen LogP contribution in [0.25, 0.3) is 0 Å². The Hall–Kier alpha value is -0.780. The summed E-state index contributed by atoms with van der Waals surface area (Å²) in [6.07, 6.45) is 13.6. The van der Waals surface area contributed by atoms with E-state index in [0.29, 0.717) is 17.3 Å². The Morgan fingerprint density at radius 2 is 0.634 bits per heavy atom. The second-order valence-electron chi connectivity index (χ2n) is 14.9. The molecule has 0 aliphatic carbocycles. The molecular weight excluding hydrogens is 492 g/mol. The van der Waals surface area contributed by atoms with E-state index in [2.05, 4.69) is 149 Å². The van der Waals surface area contributed by atoms with E-state index < -0.39 is 0 Å². The van der Waals surface area contributed by atoms with Crippen LogP contribution in [0.15, 0.2) is 24.3 Å². The molecule has 0 heteroatoms. The van der Waals surface area contributed by atoms with Crippen molar-refractivity contribution in [1.29, 1.82) is 0 Å². The van der Waals surface area contributed by atoms with Crippen LogP contribution in [0.2, 0.25) is 0 Å². The monoisotopic (exact) mass is 577 g/mol.